The molecule has 1 aliphatic rings. The molecule has 0 saturated heterocycles. The molecule has 34 heavy (non-hydrogen) atoms. The van der Waals surface area contributed by atoms with Gasteiger partial charge in [-0.2, -0.15) is 4.98 Å². The van der Waals surface area contributed by atoms with Crippen molar-refractivity contribution in [2.45, 2.75) is 50.9 Å². The van der Waals surface area contributed by atoms with Crippen LogP contribution in [0.3, 0.4) is 0 Å². The number of nitrogens with two attached hydrogens (primary N) is 1. The maximum Gasteiger partial charge on any atom is 0.330 e. The molecule has 4 aromatic rings. The van der Waals surface area contributed by atoms with Crippen LogP contribution in [-0.2, 0) is 13.1 Å². The summed E-state index contributed by atoms with van der Waals surface area (Å²) in [7, 11) is 0. The first-order chi connectivity index (χ1) is 16.5. The van der Waals surface area contributed by atoms with Crippen molar-refractivity contribution in [3.63, 3.8) is 0 Å². The van der Waals surface area contributed by atoms with Crippen LogP contribution in [-0.4, -0.2) is 31.2 Å². The van der Waals surface area contributed by atoms with E-state index in [0.717, 1.165) is 41.3 Å². The molecule has 0 aliphatic heterocycles. The average Bonchev–Trinajstić information content (AvgIpc) is 3.18. The van der Waals surface area contributed by atoms with Gasteiger partial charge in [-0.25, -0.2) is 4.79 Å². The molecule has 4 N–H and O–H groups in total. The van der Waals surface area contributed by atoms with Crippen LogP contribution in [0.4, 0.5) is 5.95 Å². The summed E-state index contributed by atoms with van der Waals surface area (Å²) >= 11 is 3.61. The molecule has 9 heteroatoms. The summed E-state index contributed by atoms with van der Waals surface area (Å²) in [5, 5.41) is 3.51. The van der Waals surface area contributed by atoms with Crippen LogP contribution in [0.15, 0.2) is 68.7 Å². The molecule has 1 aliphatic carbocycles. The molecule has 2 atom stereocenters. The number of aromatic amines is 1. The van der Waals surface area contributed by atoms with Gasteiger partial charge in [-0.15, -0.1) is 0 Å². The number of nitrogens with zero attached hydrogens (tertiary/aromatic N) is 3. The largest absolute Gasteiger partial charge is 0.351 e. The summed E-state index contributed by atoms with van der Waals surface area (Å²) in [5.74, 6) is 0.547. The lowest BCUT2D eigenvalue weighted by Crippen LogP contribution is -2.43. The van der Waals surface area contributed by atoms with Gasteiger partial charge in [0.2, 0.25) is 5.95 Å². The molecule has 8 nitrogen and oxygen atoms in total. The van der Waals surface area contributed by atoms with E-state index in [2.05, 4.69) is 26.2 Å². The van der Waals surface area contributed by atoms with Gasteiger partial charge in [0.25, 0.3) is 5.56 Å². The van der Waals surface area contributed by atoms with E-state index >= 15 is 0 Å². The summed E-state index contributed by atoms with van der Waals surface area (Å²) in [6.45, 7) is 0.718. The second kappa shape index (κ2) is 9.60. The van der Waals surface area contributed by atoms with E-state index in [1.165, 1.54) is 4.57 Å². The van der Waals surface area contributed by atoms with Crippen LogP contribution in [0, 0.1) is 0 Å². The molecule has 1 saturated carbocycles. The first kappa shape index (κ1) is 22.6. The van der Waals surface area contributed by atoms with E-state index in [9.17, 15) is 9.59 Å². The van der Waals surface area contributed by atoms with E-state index in [0.29, 0.717) is 30.2 Å². The molecule has 0 amide bonds. The number of halogens is 1. The van der Waals surface area contributed by atoms with Crippen LogP contribution < -0.4 is 22.3 Å². The van der Waals surface area contributed by atoms with Gasteiger partial charge in [0.15, 0.2) is 11.2 Å². The molecule has 2 aromatic heterocycles. The smallest absolute Gasteiger partial charge is 0.330 e. The van der Waals surface area contributed by atoms with Gasteiger partial charge in [0.1, 0.15) is 0 Å². The van der Waals surface area contributed by atoms with E-state index in [-0.39, 0.29) is 12.1 Å². The number of H-pyrrole nitrogens is 1. The van der Waals surface area contributed by atoms with Gasteiger partial charge in [-0.1, -0.05) is 77.3 Å². The summed E-state index contributed by atoms with van der Waals surface area (Å²) in [6, 6.07) is 17.6. The van der Waals surface area contributed by atoms with Crippen LogP contribution in [0.25, 0.3) is 11.2 Å². The SMILES string of the molecule is N[C@H]1CCCC[C@H]1Nc1nc2c(c(=O)[nH]c(=O)n2Cc2ccccc2)n1Cc1ccccc1Br. The van der Waals surface area contributed by atoms with Crippen molar-refractivity contribution in [1.82, 2.24) is 19.1 Å². The summed E-state index contributed by atoms with van der Waals surface area (Å²) in [6.07, 6.45) is 4.09. The van der Waals surface area contributed by atoms with Gasteiger partial charge in [0, 0.05) is 16.6 Å². The lowest BCUT2D eigenvalue weighted by atomic mass is 9.91. The first-order valence-corrected chi connectivity index (χ1v) is 12.3. The van der Waals surface area contributed by atoms with Crippen LogP contribution in [0.1, 0.15) is 36.8 Å². The Kier molecular flexibility index (Phi) is 6.38. The number of nitrogens with one attached hydrogen (secondary N) is 2. The van der Waals surface area contributed by atoms with Crippen molar-refractivity contribution in [3.8, 4) is 0 Å². The normalized spacial score (nSPS) is 18.3. The highest BCUT2D eigenvalue weighted by Gasteiger charge is 2.26. The van der Waals surface area contributed by atoms with Gasteiger partial charge < -0.3 is 11.1 Å². The highest BCUT2D eigenvalue weighted by atomic mass is 79.9. The standard InChI is InChI=1S/C25H27BrN6O2/c26-18-11-5-4-10-17(18)15-31-21-22(29-24(31)28-20-13-7-6-12-19(20)27)32(25(34)30-23(21)33)14-16-8-2-1-3-9-16/h1-5,8-11,19-20H,6-7,12-15,27H2,(H,28,29)(H,30,33,34)/t19-,20+/m0/s1. The molecule has 2 heterocycles. The lowest BCUT2D eigenvalue weighted by Gasteiger charge is -2.29. The molecule has 1 fully saturated rings. The number of aromatic nitrogens is 4. The molecule has 0 bridgehead atoms. The number of imidazole rings is 1. The lowest BCUT2D eigenvalue weighted by molar-refractivity contribution is 0.401. The fourth-order valence-corrected chi connectivity index (χ4v) is 5.06. The average molecular weight is 523 g/mol. The van der Waals surface area contributed by atoms with Crippen LogP contribution >= 0.6 is 15.9 Å². The molecule has 0 radical (unpaired) electrons. The van der Waals surface area contributed by atoms with Crippen molar-refractivity contribution < 1.29 is 0 Å². The van der Waals surface area contributed by atoms with Crippen molar-refractivity contribution in [2.24, 2.45) is 5.73 Å². The van der Waals surface area contributed by atoms with Crippen molar-refractivity contribution in [1.29, 1.82) is 0 Å². The van der Waals surface area contributed by atoms with Crippen LogP contribution in [0.5, 0.6) is 0 Å². The molecule has 176 valence electrons. The van der Waals surface area contributed by atoms with Gasteiger partial charge in [-0.05, 0) is 30.0 Å². The molecular weight excluding hydrogens is 496 g/mol. The number of fused-ring (bicyclic) bond motifs is 1. The Labute approximate surface area is 205 Å². The van der Waals surface area contributed by atoms with Crippen molar-refractivity contribution in [3.05, 3.63) is 91.0 Å². The van der Waals surface area contributed by atoms with E-state index in [1.54, 1.807) is 0 Å². The Hall–Kier alpha value is -3.17. The number of anilines is 1. The number of hydrogen-bond acceptors (Lipinski definition) is 5. The van der Waals surface area contributed by atoms with Crippen molar-refractivity contribution in [2.75, 3.05) is 5.32 Å². The molecular formula is C25H27BrN6O2. The van der Waals surface area contributed by atoms with Crippen LogP contribution in [0.2, 0.25) is 0 Å². The summed E-state index contributed by atoms with van der Waals surface area (Å²) in [5.41, 5.74) is 8.13. The maximum absolute atomic E-state index is 13.1. The Bertz CT molecular complexity index is 1430. The quantitative estimate of drug-likeness (QED) is 0.359. The van der Waals surface area contributed by atoms with E-state index < -0.39 is 11.2 Å². The monoisotopic (exact) mass is 522 g/mol. The Morgan fingerprint density at radius 2 is 1.74 bits per heavy atom. The maximum atomic E-state index is 13.1. The third-order valence-corrected chi connectivity index (χ3v) is 7.26. The Balaban J connectivity index is 1.67. The molecule has 0 spiro atoms. The second-order valence-electron chi connectivity index (χ2n) is 8.82. The predicted octanol–water partition coefficient (Wildman–Crippen LogP) is 3.43. The van der Waals surface area contributed by atoms with E-state index in [4.69, 9.17) is 10.7 Å². The topological polar surface area (TPSA) is 111 Å². The zero-order chi connectivity index (χ0) is 23.7. The zero-order valence-corrected chi connectivity index (χ0v) is 20.3. The summed E-state index contributed by atoms with van der Waals surface area (Å²) in [4.78, 5) is 33.2. The highest BCUT2D eigenvalue weighted by Crippen LogP contribution is 2.26. The predicted molar refractivity (Wildman–Crippen MR) is 137 cm³/mol. The fraction of sp³-hybridized carbons (Fsp3) is 0.320. The number of benzene rings is 2. The zero-order valence-electron chi connectivity index (χ0n) is 18.7. The number of rotatable bonds is 6. The fourth-order valence-electron chi connectivity index (χ4n) is 4.65. The van der Waals surface area contributed by atoms with Gasteiger partial charge >= 0.3 is 5.69 Å². The molecule has 2 aromatic carbocycles. The Morgan fingerprint density at radius 1 is 1.00 bits per heavy atom. The molecule has 5 rings (SSSR count). The minimum absolute atomic E-state index is 0.00951. The third-order valence-electron chi connectivity index (χ3n) is 6.49. The first-order valence-electron chi connectivity index (χ1n) is 11.5. The Morgan fingerprint density at radius 3 is 2.50 bits per heavy atom. The van der Waals surface area contributed by atoms with Gasteiger partial charge in [-0.3, -0.25) is 18.9 Å². The van der Waals surface area contributed by atoms with Crippen molar-refractivity contribution >= 4 is 33.0 Å². The highest BCUT2D eigenvalue weighted by molar-refractivity contribution is 9.10. The number of hydrogen-bond donors (Lipinski definition) is 3. The second-order valence-corrected chi connectivity index (χ2v) is 9.67. The molecule has 0 unspecified atom stereocenters. The van der Waals surface area contributed by atoms with Gasteiger partial charge in [0.05, 0.1) is 13.1 Å². The van der Waals surface area contributed by atoms with E-state index in [1.807, 2.05) is 59.2 Å². The third kappa shape index (κ3) is 4.45. The minimum atomic E-state index is -0.479. The minimum Gasteiger partial charge on any atom is -0.351 e. The summed E-state index contributed by atoms with van der Waals surface area (Å²) < 4.78 is 4.32.